The number of rotatable bonds is 2. The smallest absolute Gasteiger partial charge is 0.272 e. The summed E-state index contributed by atoms with van der Waals surface area (Å²) in [5.41, 5.74) is 3.31. The van der Waals surface area contributed by atoms with Gasteiger partial charge < -0.3 is 4.90 Å². The van der Waals surface area contributed by atoms with Crippen molar-refractivity contribution in [3.05, 3.63) is 87.9 Å². The molecule has 1 amide bonds. The minimum Gasteiger partial charge on any atom is -0.332 e. The second-order valence-electron chi connectivity index (χ2n) is 6.92. The van der Waals surface area contributed by atoms with E-state index in [0.29, 0.717) is 41.1 Å². The fourth-order valence-electron chi connectivity index (χ4n) is 3.59. The molecule has 0 atom stereocenters. The molecule has 0 spiro atoms. The van der Waals surface area contributed by atoms with Crippen molar-refractivity contribution >= 4 is 11.6 Å². The Morgan fingerprint density at radius 3 is 2.79 bits per heavy atom. The summed E-state index contributed by atoms with van der Waals surface area (Å²) in [4.78, 5) is 32.0. The fraction of sp³-hybridized carbons (Fsp3) is 0.143. The minimum absolute atomic E-state index is 0.153. The van der Waals surface area contributed by atoms with Gasteiger partial charge in [0.15, 0.2) is 0 Å². The average Bonchev–Trinajstić information content (AvgIpc) is 3.24. The Hall–Kier alpha value is -3.81. The molecule has 7 nitrogen and oxygen atoms in total. The van der Waals surface area contributed by atoms with Gasteiger partial charge in [0.05, 0.1) is 23.5 Å². The number of nitrogens with zero attached hydrogens (tertiary/aromatic N) is 4. The monoisotopic (exact) mass is 389 g/mol. The van der Waals surface area contributed by atoms with Crippen molar-refractivity contribution in [1.82, 2.24) is 24.5 Å². The van der Waals surface area contributed by atoms with Crippen LogP contribution >= 0.6 is 0 Å². The summed E-state index contributed by atoms with van der Waals surface area (Å²) < 4.78 is 14.6. The first kappa shape index (κ1) is 17.3. The zero-order valence-corrected chi connectivity index (χ0v) is 15.3. The highest BCUT2D eigenvalue weighted by Gasteiger charge is 2.26. The number of aromatic nitrogens is 4. The van der Waals surface area contributed by atoms with Crippen molar-refractivity contribution in [3.8, 4) is 11.3 Å². The van der Waals surface area contributed by atoms with Gasteiger partial charge in [-0.05, 0) is 42.5 Å². The molecule has 0 unspecified atom stereocenters. The Balaban J connectivity index is 1.43. The molecule has 0 saturated carbocycles. The number of aromatic amines is 1. The Morgan fingerprint density at radius 1 is 1.14 bits per heavy atom. The fourth-order valence-corrected chi connectivity index (χ4v) is 3.59. The normalized spacial score (nSPS) is 13.5. The standard InChI is InChI=1S/C21H16FN5O2/c22-14-6-4-13(5-7-14)17-11-18(25-24-17)21(29)26-10-8-16-15(12-26)20(28)27-9-2-1-3-19(27)23-16/h1-7,9,11H,8,10,12H2,(H,24,25). The summed E-state index contributed by atoms with van der Waals surface area (Å²) in [7, 11) is 0. The number of carbonyl (C=O) groups is 1. The summed E-state index contributed by atoms with van der Waals surface area (Å²) >= 11 is 0. The van der Waals surface area contributed by atoms with Crippen molar-refractivity contribution in [3.63, 3.8) is 0 Å². The van der Waals surface area contributed by atoms with Crippen molar-refractivity contribution in [1.29, 1.82) is 0 Å². The van der Waals surface area contributed by atoms with Crippen LogP contribution in [0, 0.1) is 5.82 Å². The van der Waals surface area contributed by atoms with Crippen LogP contribution in [0.25, 0.3) is 16.9 Å². The second kappa shape index (κ2) is 6.66. The molecule has 0 bridgehead atoms. The van der Waals surface area contributed by atoms with E-state index in [-0.39, 0.29) is 23.8 Å². The molecule has 29 heavy (non-hydrogen) atoms. The van der Waals surface area contributed by atoms with Gasteiger partial charge >= 0.3 is 0 Å². The molecule has 3 aromatic heterocycles. The number of pyridine rings is 1. The molecule has 4 aromatic rings. The maximum Gasteiger partial charge on any atom is 0.272 e. The summed E-state index contributed by atoms with van der Waals surface area (Å²) in [6.45, 7) is 0.662. The highest BCUT2D eigenvalue weighted by atomic mass is 19.1. The van der Waals surface area contributed by atoms with E-state index in [1.54, 1.807) is 41.4 Å². The quantitative estimate of drug-likeness (QED) is 0.571. The van der Waals surface area contributed by atoms with E-state index >= 15 is 0 Å². The van der Waals surface area contributed by atoms with E-state index in [4.69, 9.17) is 0 Å². The van der Waals surface area contributed by atoms with Crippen LogP contribution in [0.3, 0.4) is 0 Å². The van der Waals surface area contributed by atoms with Gasteiger partial charge in [-0.25, -0.2) is 9.37 Å². The van der Waals surface area contributed by atoms with Gasteiger partial charge in [0.2, 0.25) is 0 Å². The summed E-state index contributed by atoms with van der Waals surface area (Å²) in [5, 5.41) is 6.91. The van der Waals surface area contributed by atoms with E-state index in [1.165, 1.54) is 16.5 Å². The zero-order valence-electron chi connectivity index (χ0n) is 15.3. The van der Waals surface area contributed by atoms with Crippen LogP contribution in [-0.2, 0) is 13.0 Å². The highest BCUT2D eigenvalue weighted by Crippen LogP contribution is 2.21. The average molecular weight is 389 g/mol. The number of H-pyrrole nitrogens is 1. The predicted octanol–water partition coefficient (Wildman–Crippen LogP) is 2.42. The van der Waals surface area contributed by atoms with Crippen LogP contribution in [-0.4, -0.2) is 36.9 Å². The molecule has 0 fully saturated rings. The molecular formula is C21H16FN5O2. The third-order valence-electron chi connectivity index (χ3n) is 5.12. The maximum atomic E-state index is 13.1. The number of hydrogen-bond acceptors (Lipinski definition) is 4. The summed E-state index contributed by atoms with van der Waals surface area (Å²) in [5.74, 6) is -0.575. The predicted molar refractivity (Wildman–Crippen MR) is 104 cm³/mol. The van der Waals surface area contributed by atoms with Crippen molar-refractivity contribution in [2.24, 2.45) is 0 Å². The topological polar surface area (TPSA) is 83.4 Å². The maximum absolute atomic E-state index is 13.1. The molecule has 1 N–H and O–H groups in total. The Morgan fingerprint density at radius 2 is 1.97 bits per heavy atom. The minimum atomic E-state index is -0.333. The lowest BCUT2D eigenvalue weighted by molar-refractivity contribution is 0.0726. The van der Waals surface area contributed by atoms with Crippen LogP contribution < -0.4 is 5.56 Å². The molecule has 5 rings (SSSR count). The number of nitrogens with one attached hydrogen (secondary N) is 1. The van der Waals surface area contributed by atoms with E-state index in [0.717, 1.165) is 5.69 Å². The van der Waals surface area contributed by atoms with Crippen LogP contribution in [0.4, 0.5) is 4.39 Å². The lowest BCUT2D eigenvalue weighted by Gasteiger charge is -2.27. The van der Waals surface area contributed by atoms with Gasteiger partial charge in [-0.1, -0.05) is 6.07 Å². The molecule has 0 radical (unpaired) electrons. The first-order chi connectivity index (χ1) is 14.1. The number of carbonyl (C=O) groups excluding carboxylic acids is 1. The van der Waals surface area contributed by atoms with Crippen LogP contribution in [0.2, 0.25) is 0 Å². The van der Waals surface area contributed by atoms with E-state index in [1.807, 2.05) is 6.07 Å². The first-order valence-corrected chi connectivity index (χ1v) is 9.20. The summed E-state index contributed by atoms with van der Waals surface area (Å²) in [6, 6.07) is 12.9. The third-order valence-corrected chi connectivity index (χ3v) is 5.12. The van der Waals surface area contributed by atoms with Crippen molar-refractivity contribution in [2.75, 3.05) is 6.54 Å². The van der Waals surface area contributed by atoms with Crippen LogP contribution in [0.5, 0.6) is 0 Å². The van der Waals surface area contributed by atoms with Crippen LogP contribution in [0.15, 0.2) is 59.5 Å². The van der Waals surface area contributed by atoms with Gasteiger partial charge in [-0.2, -0.15) is 5.10 Å². The number of fused-ring (bicyclic) bond motifs is 2. The number of halogens is 1. The van der Waals surface area contributed by atoms with Gasteiger partial charge in [0, 0.05) is 24.7 Å². The molecule has 144 valence electrons. The highest BCUT2D eigenvalue weighted by molar-refractivity contribution is 5.93. The van der Waals surface area contributed by atoms with Gasteiger partial charge in [-0.3, -0.25) is 19.1 Å². The van der Waals surface area contributed by atoms with Gasteiger partial charge in [0.25, 0.3) is 11.5 Å². The van der Waals surface area contributed by atoms with Crippen molar-refractivity contribution < 1.29 is 9.18 Å². The lowest BCUT2D eigenvalue weighted by atomic mass is 10.1. The molecule has 1 aliphatic heterocycles. The largest absolute Gasteiger partial charge is 0.332 e. The van der Waals surface area contributed by atoms with E-state index in [2.05, 4.69) is 15.2 Å². The molecule has 8 heteroatoms. The van der Waals surface area contributed by atoms with E-state index < -0.39 is 0 Å². The van der Waals surface area contributed by atoms with Gasteiger partial charge in [0.1, 0.15) is 17.2 Å². The molecule has 0 aliphatic carbocycles. The number of benzene rings is 1. The number of amides is 1. The number of hydrogen-bond donors (Lipinski definition) is 1. The molecule has 1 aromatic carbocycles. The molecule has 4 heterocycles. The molecular weight excluding hydrogens is 373 g/mol. The Kier molecular flexibility index (Phi) is 3.97. The summed E-state index contributed by atoms with van der Waals surface area (Å²) in [6.07, 6.45) is 2.19. The van der Waals surface area contributed by atoms with E-state index in [9.17, 15) is 14.0 Å². The Labute approximate surface area is 164 Å². The molecule has 1 aliphatic rings. The van der Waals surface area contributed by atoms with Crippen LogP contribution in [0.1, 0.15) is 21.7 Å². The van der Waals surface area contributed by atoms with Crippen molar-refractivity contribution in [2.45, 2.75) is 13.0 Å². The van der Waals surface area contributed by atoms with Gasteiger partial charge in [-0.15, -0.1) is 0 Å². The Bertz CT molecular complexity index is 1290. The zero-order chi connectivity index (χ0) is 20.0. The SMILES string of the molecule is O=C(c1cc(-c2ccc(F)cc2)n[nH]1)N1CCc2nc3ccccn3c(=O)c2C1. The third kappa shape index (κ3) is 2.98. The lowest BCUT2D eigenvalue weighted by Crippen LogP contribution is -2.40. The second-order valence-corrected chi connectivity index (χ2v) is 6.92. The molecule has 0 saturated heterocycles. The first-order valence-electron chi connectivity index (χ1n) is 9.20.